The van der Waals surface area contributed by atoms with Crippen LogP contribution in [0.4, 0.5) is 10.3 Å². The highest BCUT2D eigenvalue weighted by molar-refractivity contribution is 7.94. The number of allylic oxidation sites excluding steroid dienone is 1. The Morgan fingerprint density at radius 1 is 1.07 bits per heavy atom. The first-order chi connectivity index (χ1) is 20.7. The molecule has 11 heteroatoms. The Kier molecular flexibility index (Phi) is 11.4. The van der Waals surface area contributed by atoms with Gasteiger partial charge in [0, 0.05) is 36.1 Å². The molecule has 258 valence electrons. The molecular weight excluding hydrogens is 609 g/mol. The fraction of sp³-hybridized carbons (Fsp3) is 0.629. The summed E-state index contributed by atoms with van der Waals surface area (Å²) in [5, 5.41) is 21.6. The van der Waals surface area contributed by atoms with Crippen LogP contribution in [-0.4, -0.2) is 65.2 Å². The molecule has 2 N–H and O–H groups in total. The topological polar surface area (TPSA) is 130 Å². The van der Waals surface area contributed by atoms with Crippen molar-refractivity contribution in [3.8, 4) is 11.3 Å². The summed E-state index contributed by atoms with van der Waals surface area (Å²) in [7, 11) is -1.04. The zero-order valence-electron chi connectivity index (χ0n) is 30.2. The lowest BCUT2D eigenvalue weighted by atomic mass is 9.65. The summed E-state index contributed by atoms with van der Waals surface area (Å²) in [5.41, 5.74) is 0.506. The number of aliphatic hydroxyl groups is 1. The van der Waals surface area contributed by atoms with Gasteiger partial charge >= 0.3 is 5.97 Å². The van der Waals surface area contributed by atoms with Crippen LogP contribution in [0.25, 0.3) is 16.8 Å². The number of benzene rings is 1. The van der Waals surface area contributed by atoms with E-state index in [9.17, 15) is 27.8 Å². The number of aliphatic carboxylic acids is 1. The van der Waals surface area contributed by atoms with Crippen molar-refractivity contribution >= 4 is 27.5 Å². The quantitative estimate of drug-likeness (QED) is 0.247. The molecule has 2 aromatic rings. The van der Waals surface area contributed by atoms with Crippen LogP contribution in [-0.2, 0) is 25.0 Å². The van der Waals surface area contributed by atoms with E-state index in [2.05, 4.69) is 0 Å². The zero-order valence-corrected chi connectivity index (χ0v) is 31.1. The maximum Gasteiger partial charge on any atom is 0.309 e. The third-order valence-corrected chi connectivity index (χ3v) is 12.4. The molecule has 0 spiro atoms. The van der Waals surface area contributed by atoms with Crippen LogP contribution in [0.5, 0.6) is 0 Å². The van der Waals surface area contributed by atoms with E-state index in [0.717, 1.165) is 4.31 Å². The summed E-state index contributed by atoms with van der Waals surface area (Å²) in [6.07, 6.45) is 1.08. The van der Waals surface area contributed by atoms with Crippen molar-refractivity contribution in [2.75, 3.05) is 18.5 Å². The molecule has 46 heavy (non-hydrogen) atoms. The maximum atomic E-state index is 14.9. The summed E-state index contributed by atoms with van der Waals surface area (Å²) >= 11 is 0. The number of hydrogen-bond acceptors (Lipinski definition) is 7. The second-order valence-electron chi connectivity index (χ2n) is 14.7. The van der Waals surface area contributed by atoms with Gasteiger partial charge in [-0.1, -0.05) is 40.7 Å². The van der Waals surface area contributed by atoms with Crippen molar-refractivity contribution in [3.05, 3.63) is 46.4 Å². The van der Waals surface area contributed by atoms with Crippen LogP contribution in [0.2, 0.25) is 0 Å². The standard InChI is InChI=1S/C35H54FN3O6S/c1-16-33(9,10)29-26(20(2)19-25(40)34(11,12)35(13,45-15)23(5)30(41)42)28(24-17-21(3)27(36)22(4)18-24)37-31(38-29)39(14)46(43,44)32(6,7)8/h17-19,23,25,40H,16H2,1-15H3,(H,41,42)/b20-19+/t23?,25-,35+/m1/s1. The first-order valence-corrected chi connectivity index (χ1v) is 17.0. The molecule has 0 amide bonds. The number of carboxylic acid groups (broad SMARTS) is 1. The maximum absolute atomic E-state index is 14.9. The molecule has 0 aliphatic rings. The van der Waals surface area contributed by atoms with E-state index in [-0.39, 0.29) is 11.8 Å². The minimum atomic E-state index is -3.89. The molecule has 3 atom stereocenters. The molecule has 0 aliphatic heterocycles. The number of rotatable bonds is 12. The van der Waals surface area contributed by atoms with Crippen LogP contribution in [0.15, 0.2) is 18.2 Å². The van der Waals surface area contributed by atoms with Gasteiger partial charge in [0.25, 0.3) is 0 Å². The Balaban J connectivity index is 3.12. The van der Waals surface area contributed by atoms with E-state index in [1.54, 1.807) is 87.4 Å². The number of aliphatic hydroxyl groups excluding tert-OH is 1. The molecule has 0 fully saturated rings. The fourth-order valence-electron chi connectivity index (χ4n) is 5.49. The van der Waals surface area contributed by atoms with Gasteiger partial charge in [-0.3, -0.25) is 4.79 Å². The Labute approximate surface area is 275 Å². The molecule has 0 bridgehead atoms. The average Bonchev–Trinajstić information content (AvgIpc) is 2.96. The van der Waals surface area contributed by atoms with Crippen LogP contribution >= 0.6 is 0 Å². The van der Waals surface area contributed by atoms with Crippen molar-refractivity contribution < 1.29 is 32.6 Å². The van der Waals surface area contributed by atoms with Gasteiger partial charge in [0.05, 0.1) is 33.8 Å². The molecule has 0 aliphatic carbocycles. The predicted molar refractivity (Wildman–Crippen MR) is 183 cm³/mol. The van der Waals surface area contributed by atoms with E-state index in [1.807, 2.05) is 20.8 Å². The van der Waals surface area contributed by atoms with Gasteiger partial charge in [0.15, 0.2) is 0 Å². The largest absolute Gasteiger partial charge is 0.481 e. The Morgan fingerprint density at radius 2 is 1.57 bits per heavy atom. The van der Waals surface area contributed by atoms with E-state index >= 15 is 0 Å². The number of carboxylic acids is 1. The second-order valence-corrected chi connectivity index (χ2v) is 17.5. The third kappa shape index (κ3) is 7.01. The lowest BCUT2D eigenvalue weighted by molar-refractivity contribution is -0.178. The van der Waals surface area contributed by atoms with E-state index in [0.29, 0.717) is 45.6 Å². The number of hydrogen-bond donors (Lipinski definition) is 2. The molecule has 0 saturated heterocycles. The molecule has 2 rings (SSSR count). The van der Waals surface area contributed by atoms with Crippen molar-refractivity contribution in [2.45, 2.75) is 118 Å². The van der Waals surface area contributed by atoms with Gasteiger partial charge in [-0.2, -0.15) is 0 Å². The van der Waals surface area contributed by atoms with E-state index < -0.39 is 49.2 Å². The Hall–Kier alpha value is -2.89. The number of aryl methyl sites for hydroxylation is 2. The predicted octanol–water partition coefficient (Wildman–Crippen LogP) is 7.07. The van der Waals surface area contributed by atoms with Gasteiger partial charge in [-0.15, -0.1) is 0 Å². The molecule has 1 unspecified atom stereocenters. The van der Waals surface area contributed by atoms with Gasteiger partial charge in [0.1, 0.15) is 5.82 Å². The fourth-order valence-corrected chi connectivity index (χ4v) is 6.60. The van der Waals surface area contributed by atoms with Gasteiger partial charge in [-0.25, -0.2) is 27.1 Å². The molecule has 0 radical (unpaired) electrons. The van der Waals surface area contributed by atoms with Crippen LogP contribution < -0.4 is 4.31 Å². The summed E-state index contributed by atoms with van der Waals surface area (Å²) in [6.45, 7) is 22.6. The molecule has 1 aromatic heterocycles. The Bertz CT molecular complexity index is 1590. The molecule has 1 heterocycles. The highest BCUT2D eigenvalue weighted by atomic mass is 32.2. The van der Waals surface area contributed by atoms with Crippen LogP contribution in [0, 0.1) is 31.0 Å². The third-order valence-electron chi connectivity index (χ3n) is 9.99. The highest BCUT2D eigenvalue weighted by Gasteiger charge is 2.52. The number of sulfonamides is 1. The number of anilines is 1. The van der Waals surface area contributed by atoms with E-state index in [4.69, 9.17) is 14.7 Å². The summed E-state index contributed by atoms with van der Waals surface area (Å²) < 4.78 is 47.7. The zero-order chi connectivity index (χ0) is 36.0. The first kappa shape index (κ1) is 39.3. The second kappa shape index (κ2) is 13.3. The smallest absolute Gasteiger partial charge is 0.309 e. The van der Waals surface area contributed by atoms with Gasteiger partial charge in [0.2, 0.25) is 16.0 Å². The molecule has 1 aromatic carbocycles. The van der Waals surface area contributed by atoms with Crippen molar-refractivity contribution in [1.82, 2.24) is 9.97 Å². The normalized spacial score (nSPS) is 16.2. The number of nitrogens with zero attached hydrogens (tertiary/aromatic N) is 3. The van der Waals surface area contributed by atoms with Crippen LogP contribution in [0.3, 0.4) is 0 Å². The lowest BCUT2D eigenvalue weighted by Gasteiger charge is -2.47. The molecule has 0 saturated carbocycles. The summed E-state index contributed by atoms with van der Waals surface area (Å²) in [4.78, 5) is 21.8. The van der Waals surface area contributed by atoms with Gasteiger partial charge in [-0.05, 0) is 90.6 Å². The van der Waals surface area contributed by atoms with Crippen molar-refractivity contribution in [1.29, 1.82) is 0 Å². The average molecular weight is 664 g/mol. The molecule has 9 nitrogen and oxygen atoms in total. The van der Waals surface area contributed by atoms with Gasteiger partial charge < -0.3 is 14.9 Å². The Morgan fingerprint density at radius 3 is 1.98 bits per heavy atom. The number of carbonyl (C=O) groups is 1. The minimum Gasteiger partial charge on any atom is -0.481 e. The lowest BCUT2D eigenvalue weighted by Crippen LogP contribution is -2.56. The number of methoxy groups -OCH3 is 1. The van der Waals surface area contributed by atoms with E-state index in [1.165, 1.54) is 14.2 Å². The summed E-state index contributed by atoms with van der Waals surface area (Å²) in [6, 6.07) is 3.34. The monoisotopic (exact) mass is 663 g/mol. The number of ether oxygens (including phenoxy) is 1. The molecular formula is C35H54FN3O6S. The number of halogens is 1. The number of aromatic nitrogens is 2. The van der Waals surface area contributed by atoms with Crippen molar-refractivity contribution in [2.24, 2.45) is 11.3 Å². The SMILES string of the molecule is CCC(C)(C)c1nc(N(C)S(=O)(=O)C(C)(C)C)nc(-c2cc(C)c(F)c(C)c2)c1/C(C)=C/[C@@H](O)C(C)(C)[C@@](C)(OC)C(C)C(=O)O. The summed E-state index contributed by atoms with van der Waals surface area (Å²) in [5.74, 6) is -2.38. The van der Waals surface area contributed by atoms with Crippen molar-refractivity contribution in [3.63, 3.8) is 0 Å². The first-order valence-electron chi connectivity index (χ1n) is 15.6. The van der Waals surface area contributed by atoms with Crippen LogP contribution in [0.1, 0.15) is 105 Å². The highest BCUT2D eigenvalue weighted by Crippen LogP contribution is 2.45. The minimum absolute atomic E-state index is 0.0271.